The molecule has 1 fully saturated rings. The van der Waals surface area contributed by atoms with E-state index in [-0.39, 0.29) is 5.91 Å². The fourth-order valence-corrected chi connectivity index (χ4v) is 2.38. The fourth-order valence-electron chi connectivity index (χ4n) is 2.21. The third kappa shape index (κ3) is 3.64. The summed E-state index contributed by atoms with van der Waals surface area (Å²) in [6.07, 6.45) is 3.19. The van der Waals surface area contributed by atoms with Crippen molar-refractivity contribution in [3.05, 3.63) is 28.8 Å². The number of benzene rings is 1. The van der Waals surface area contributed by atoms with Crippen LogP contribution in [-0.2, 0) is 0 Å². The minimum atomic E-state index is 0.0172. The molecular formula is C15H22ClN3O. The van der Waals surface area contributed by atoms with Gasteiger partial charge in [-0.25, -0.2) is 0 Å². The van der Waals surface area contributed by atoms with Crippen molar-refractivity contribution < 1.29 is 4.79 Å². The van der Waals surface area contributed by atoms with Crippen LogP contribution in [-0.4, -0.2) is 23.4 Å². The summed E-state index contributed by atoms with van der Waals surface area (Å²) in [4.78, 5) is 14.7. The molecule has 0 aliphatic heterocycles. The lowest BCUT2D eigenvalue weighted by atomic mass is 10.1. The molecular weight excluding hydrogens is 274 g/mol. The van der Waals surface area contributed by atoms with E-state index in [0.29, 0.717) is 28.2 Å². The van der Waals surface area contributed by atoms with Gasteiger partial charge in [0.1, 0.15) is 0 Å². The number of rotatable bonds is 6. The van der Waals surface area contributed by atoms with Crippen molar-refractivity contribution >= 4 is 23.2 Å². The first kappa shape index (κ1) is 15.1. The molecule has 1 aromatic rings. The second-order valence-electron chi connectivity index (χ2n) is 5.75. The highest BCUT2D eigenvalue weighted by Crippen LogP contribution is 2.31. The fraction of sp³-hybridized carbons (Fsp3) is 0.533. The van der Waals surface area contributed by atoms with Crippen LogP contribution in [0.4, 0.5) is 5.69 Å². The van der Waals surface area contributed by atoms with Crippen molar-refractivity contribution in [3.8, 4) is 0 Å². The number of hydrazine groups is 1. The zero-order chi connectivity index (χ0) is 14.7. The molecule has 20 heavy (non-hydrogen) atoms. The number of amides is 1. The summed E-state index contributed by atoms with van der Waals surface area (Å²) in [5, 5.41) is 0.548. The predicted molar refractivity (Wildman–Crippen MR) is 82.8 cm³/mol. The van der Waals surface area contributed by atoms with E-state index in [1.165, 1.54) is 0 Å². The van der Waals surface area contributed by atoms with Gasteiger partial charge >= 0.3 is 0 Å². The Bertz CT molecular complexity index is 486. The molecule has 1 aliphatic rings. The molecule has 0 radical (unpaired) electrons. The van der Waals surface area contributed by atoms with E-state index in [1.807, 2.05) is 4.90 Å². The van der Waals surface area contributed by atoms with Crippen LogP contribution in [0.15, 0.2) is 18.2 Å². The molecule has 0 atom stereocenters. The number of nitrogens with two attached hydrogens (primary N) is 1. The maximum Gasteiger partial charge on any atom is 0.256 e. The molecule has 1 aromatic carbocycles. The molecule has 4 nitrogen and oxygen atoms in total. The first-order valence-corrected chi connectivity index (χ1v) is 7.48. The Kier molecular flexibility index (Phi) is 4.89. The van der Waals surface area contributed by atoms with Crippen LogP contribution in [0.2, 0.25) is 5.02 Å². The number of nitrogens with zero attached hydrogens (tertiary/aromatic N) is 1. The molecule has 0 aromatic heterocycles. The zero-order valence-corrected chi connectivity index (χ0v) is 12.8. The van der Waals surface area contributed by atoms with E-state index in [4.69, 9.17) is 17.4 Å². The van der Waals surface area contributed by atoms with E-state index < -0.39 is 0 Å². The van der Waals surface area contributed by atoms with Crippen LogP contribution in [0.25, 0.3) is 0 Å². The Hall–Kier alpha value is -1.26. The minimum Gasteiger partial charge on any atom is -0.336 e. The van der Waals surface area contributed by atoms with Crippen molar-refractivity contribution in [3.63, 3.8) is 0 Å². The van der Waals surface area contributed by atoms with Gasteiger partial charge in [-0.05, 0) is 43.4 Å². The topological polar surface area (TPSA) is 58.4 Å². The summed E-state index contributed by atoms with van der Waals surface area (Å²) in [7, 11) is 0. The van der Waals surface area contributed by atoms with Crippen LogP contribution in [0.1, 0.15) is 43.5 Å². The summed E-state index contributed by atoms with van der Waals surface area (Å²) in [5.41, 5.74) is 3.75. The monoisotopic (exact) mass is 295 g/mol. The maximum absolute atomic E-state index is 12.7. The van der Waals surface area contributed by atoms with Gasteiger partial charge < -0.3 is 10.3 Å². The number of carbonyl (C=O) groups excluding carboxylic acids is 1. The number of halogens is 1. The number of hydrogen-bond acceptors (Lipinski definition) is 3. The summed E-state index contributed by atoms with van der Waals surface area (Å²) in [6.45, 7) is 5.13. The van der Waals surface area contributed by atoms with Crippen molar-refractivity contribution in [2.45, 2.75) is 39.2 Å². The van der Waals surface area contributed by atoms with Crippen LogP contribution in [0.3, 0.4) is 0 Å². The van der Waals surface area contributed by atoms with Crippen LogP contribution >= 0.6 is 11.6 Å². The molecule has 1 saturated carbocycles. The zero-order valence-electron chi connectivity index (χ0n) is 12.0. The van der Waals surface area contributed by atoms with Crippen LogP contribution in [0.5, 0.6) is 0 Å². The second-order valence-corrected chi connectivity index (χ2v) is 6.18. The maximum atomic E-state index is 12.7. The van der Waals surface area contributed by atoms with Crippen molar-refractivity contribution in [1.82, 2.24) is 4.90 Å². The molecule has 1 aliphatic carbocycles. The SMILES string of the molecule is CC(C)CCN(C(=O)c1cc(Cl)ccc1NN)C1CC1. The molecule has 1 amide bonds. The quantitative estimate of drug-likeness (QED) is 0.625. The highest BCUT2D eigenvalue weighted by Gasteiger charge is 2.33. The van der Waals surface area contributed by atoms with Gasteiger partial charge in [-0.15, -0.1) is 0 Å². The summed E-state index contributed by atoms with van der Waals surface area (Å²) in [5.74, 6) is 6.09. The van der Waals surface area contributed by atoms with E-state index in [9.17, 15) is 4.79 Å². The van der Waals surface area contributed by atoms with Gasteiger partial charge in [-0.3, -0.25) is 10.6 Å². The largest absolute Gasteiger partial charge is 0.336 e. The molecule has 0 spiro atoms. The lowest BCUT2D eigenvalue weighted by Crippen LogP contribution is -2.35. The number of carbonyl (C=O) groups is 1. The Morgan fingerprint density at radius 3 is 2.75 bits per heavy atom. The molecule has 5 heteroatoms. The lowest BCUT2D eigenvalue weighted by molar-refractivity contribution is 0.0736. The van der Waals surface area contributed by atoms with Crippen LogP contribution in [0, 0.1) is 5.92 Å². The van der Waals surface area contributed by atoms with Crippen molar-refractivity contribution in [2.24, 2.45) is 11.8 Å². The number of anilines is 1. The smallest absolute Gasteiger partial charge is 0.256 e. The molecule has 2 rings (SSSR count). The highest BCUT2D eigenvalue weighted by molar-refractivity contribution is 6.31. The minimum absolute atomic E-state index is 0.0172. The number of nitrogen functional groups attached to an aromatic ring is 1. The average molecular weight is 296 g/mol. The molecule has 0 heterocycles. The van der Waals surface area contributed by atoms with Crippen LogP contribution < -0.4 is 11.3 Å². The predicted octanol–water partition coefficient (Wildman–Crippen LogP) is 3.28. The van der Waals surface area contributed by atoms with Gasteiger partial charge in [0.05, 0.1) is 11.3 Å². The lowest BCUT2D eigenvalue weighted by Gasteiger charge is -2.24. The molecule has 3 N–H and O–H groups in total. The Morgan fingerprint density at radius 2 is 2.20 bits per heavy atom. The molecule has 0 bridgehead atoms. The Morgan fingerprint density at radius 1 is 1.50 bits per heavy atom. The Labute approximate surface area is 125 Å². The van der Waals surface area contributed by atoms with E-state index in [2.05, 4.69) is 19.3 Å². The van der Waals surface area contributed by atoms with Gasteiger partial charge in [0.2, 0.25) is 0 Å². The standard InChI is InChI=1S/C15H22ClN3O/c1-10(2)7-8-19(12-4-5-12)15(20)13-9-11(16)3-6-14(13)18-17/h3,6,9-10,12,18H,4-5,7-8,17H2,1-2H3. The molecule has 110 valence electrons. The summed E-state index contributed by atoms with van der Waals surface area (Å²) in [6, 6.07) is 5.53. The third-order valence-electron chi connectivity index (χ3n) is 3.56. The van der Waals surface area contributed by atoms with E-state index in [1.54, 1.807) is 18.2 Å². The second kappa shape index (κ2) is 6.46. The summed E-state index contributed by atoms with van der Waals surface area (Å²) < 4.78 is 0. The van der Waals surface area contributed by atoms with Crippen molar-refractivity contribution in [1.29, 1.82) is 0 Å². The third-order valence-corrected chi connectivity index (χ3v) is 3.80. The van der Waals surface area contributed by atoms with Gasteiger partial charge in [-0.1, -0.05) is 25.4 Å². The van der Waals surface area contributed by atoms with Gasteiger partial charge in [-0.2, -0.15) is 0 Å². The highest BCUT2D eigenvalue weighted by atomic mass is 35.5. The average Bonchev–Trinajstić information content (AvgIpc) is 3.23. The first-order chi connectivity index (χ1) is 9.52. The molecule has 0 unspecified atom stereocenters. The first-order valence-electron chi connectivity index (χ1n) is 7.10. The molecule has 0 saturated heterocycles. The number of nitrogens with one attached hydrogen (secondary N) is 1. The van der Waals surface area contributed by atoms with E-state index >= 15 is 0 Å². The normalized spacial score (nSPS) is 14.4. The number of hydrogen-bond donors (Lipinski definition) is 2. The summed E-state index contributed by atoms with van der Waals surface area (Å²) >= 11 is 6.01. The van der Waals surface area contributed by atoms with Crippen molar-refractivity contribution in [2.75, 3.05) is 12.0 Å². The van der Waals surface area contributed by atoms with Gasteiger partial charge in [0, 0.05) is 17.6 Å². The van der Waals surface area contributed by atoms with Gasteiger partial charge in [0.15, 0.2) is 0 Å². The van der Waals surface area contributed by atoms with E-state index in [0.717, 1.165) is 25.8 Å². The van der Waals surface area contributed by atoms with Gasteiger partial charge in [0.25, 0.3) is 5.91 Å². The Balaban J connectivity index is 2.20.